The summed E-state index contributed by atoms with van der Waals surface area (Å²) in [5.74, 6) is 0. The smallest absolute Gasteiger partial charge is 0.267 e. The molecule has 2 rings (SSSR count). The Morgan fingerprint density at radius 2 is 2.36 bits per heavy atom. The van der Waals surface area contributed by atoms with Crippen molar-refractivity contribution in [2.75, 3.05) is 0 Å². The average molecular weight is 250 g/mol. The van der Waals surface area contributed by atoms with Gasteiger partial charge in [-0.25, -0.2) is 4.98 Å². The Bertz CT molecular complexity index is 597. The molecule has 0 aliphatic heterocycles. The third kappa shape index (κ3) is 1.30. The fourth-order valence-electron chi connectivity index (χ4n) is 1.13. The highest BCUT2D eigenvalue weighted by Gasteiger charge is 2.03. The second-order valence-electron chi connectivity index (χ2n) is 2.66. The molecule has 0 aliphatic carbocycles. The lowest BCUT2D eigenvalue weighted by Crippen LogP contribution is -2.17. The first-order valence-electron chi connectivity index (χ1n) is 3.79. The molecule has 0 radical (unpaired) electrons. The summed E-state index contributed by atoms with van der Waals surface area (Å²) in [7, 11) is 0. The van der Waals surface area contributed by atoms with Gasteiger partial charge in [0.05, 0.1) is 6.20 Å². The minimum absolute atomic E-state index is 0.0461. The lowest BCUT2D eigenvalue weighted by Gasteiger charge is -1.99. The second-order valence-corrected chi connectivity index (χ2v) is 3.58. The van der Waals surface area contributed by atoms with Gasteiger partial charge in [-0.15, -0.1) is 0 Å². The van der Waals surface area contributed by atoms with E-state index in [1.807, 2.05) is 0 Å². The molecule has 0 N–H and O–H groups in total. The van der Waals surface area contributed by atoms with Crippen LogP contribution in [0.5, 0.6) is 0 Å². The number of nitriles is 1. The maximum Gasteiger partial charge on any atom is 0.275 e. The minimum Gasteiger partial charge on any atom is -0.267 e. The van der Waals surface area contributed by atoms with Gasteiger partial charge in [0.25, 0.3) is 5.56 Å². The van der Waals surface area contributed by atoms with E-state index in [1.165, 1.54) is 10.6 Å². The molecule has 5 heteroatoms. The van der Waals surface area contributed by atoms with E-state index in [0.29, 0.717) is 5.65 Å². The van der Waals surface area contributed by atoms with E-state index in [4.69, 9.17) is 5.26 Å². The summed E-state index contributed by atoms with van der Waals surface area (Å²) in [5.41, 5.74) is 0.221. The summed E-state index contributed by atoms with van der Waals surface area (Å²) in [5, 5.41) is 8.62. The largest absolute Gasteiger partial charge is 0.275 e. The standard InChI is InChI=1S/C9H4BrN3O/c10-7-1-2-13-8(3-7)12-5-6(4-11)9(13)14/h1-3,5H. The number of rotatable bonds is 0. The molecule has 0 fully saturated rings. The summed E-state index contributed by atoms with van der Waals surface area (Å²) in [6.45, 7) is 0. The van der Waals surface area contributed by atoms with Crippen LogP contribution in [0.4, 0.5) is 0 Å². The van der Waals surface area contributed by atoms with Gasteiger partial charge in [0.1, 0.15) is 17.3 Å². The molecule has 0 amide bonds. The molecular weight excluding hydrogens is 246 g/mol. The first-order chi connectivity index (χ1) is 6.72. The van der Waals surface area contributed by atoms with Crippen LogP contribution in [0, 0.1) is 11.3 Å². The lowest BCUT2D eigenvalue weighted by atomic mass is 10.3. The van der Waals surface area contributed by atoms with Gasteiger partial charge in [-0.1, -0.05) is 15.9 Å². The van der Waals surface area contributed by atoms with Crippen molar-refractivity contribution in [1.82, 2.24) is 9.38 Å². The van der Waals surface area contributed by atoms with Crippen molar-refractivity contribution in [3.8, 4) is 6.07 Å². The lowest BCUT2D eigenvalue weighted by molar-refractivity contribution is 1.03. The summed E-state index contributed by atoms with van der Waals surface area (Å²) >= 11 is 3.27. The third-order valence-corrected chi connectivity index (χ3v) is 2.29. The van der Waals surface area contributed by atoms with Crippen LogP contribution >= 0.6 is 15.9 Å². The molecule has 2 aromatic rings. The Hall–Kier alpha value is -1.67. The monoisotopic (exact) mass is 249 g/mol. The highest BCUT2D eigenvalue weighted by molar-refractivity contribution is 9.10. The van der Waals surface area contributed by atoms with Crippen molar-refractivity contribution < 1.29 is 0 Å². The highest BCUT2D eigenvalue weighted by Crippen LogP contribution is 2.09. The number of fused-ring (bicyclic) bond motifs is 1. The Balaban J connectivity index is 2.93. The van der Waals surface area contributed by atoms with Gasteiger partial charge in [-0.3, -0.25) is 9.20 Å². The van der Waals surface area contributed by atoms with Crippen molar-refractivity contribution in [3.05, 3.63) is 44.9 Å². The van der Waals surface area contributed by atoms with E-state index in [1.54, 1.807) is 24.4 Å². The number of nitrogens with zero attached hydrogens (tertiary/aromatic N) is 3. The van der Waals surface area contributed by atoms with Crippen LogP contribution in [0.25, 0.3) is 5.65 Å². The molecule has 68 valence electrons. The van der Waals surface area contributed by atoms with Crippen molar-refractivity contribution >= 4 is 21.6 Å². The third-order valence-electron chi connectivity index (χ3n) is 1.79. The van der Waals surface area contributed by atoms with Crippen LogP contribution in [0.3, 0.4) is 0 Å². The predicted octanol–water partition coefficient (Wildman–Crippen LogP) is 1.33. The van der Waals surface area contributed by atoms with Gasteiger partial charge in [0.15, 0.2) is 0 Å². The fraction of sp³-hybridized carbons (Fsp3) is 0. The van der Waals surface area contributed by atoms with Crippen molar-refractivity contribution in [2.45, 2.75) is 0 Å². The van der Waals surface area contributed by atoms with Crippen LogP contribution in [-0.2, 0) is 0 Å². The molecule has 0 spiro atoms. The number of hydrogen-bond acceptors (Lipinski definition) is 3. The van der Waals surface area contributed by atoms with E-state index >= 15 is 0 Å². The first kappa shape index (κ1) is 8.91. The number of aromatic nitrogens is 2. The zero-order chi connectivity index (χ0) is 10.1. The maximum atomic E-state index is 11.6. The van der Waals surface area contributed by atoms with E-state index in [-0.39, 0.29) is 11.1 Å². The van der Waals surface area contributed by atoms with Gasteiger partial charge in [-0.05, 0) is 12.1 Å². The summed E-state index contributed by atoms with van der Waals surface area (Å²) in [4.78, 5) is 15.5. The Kier molecular flexibility index (Phi) is 2.06. The molecule has 2 heterocycles. The SMILES string of the molecule is N#Cc1cnc2cc(Br)ccn2c1=O. The minimum atomic E-state index is -0.343. The van der Waals surface area contributed by atoms with E-state index < -0.39 is 0 Å². The molecule has 0 aliphatic rings. The number of pyridine rings is 1. The van der Waals surface area contributed by atoms with E-state index in [2.05, 4.69) is 20.9 Å². The van der Waals surface area contributed by atoms with Crippen LogP contribution in [-0.4, -0.2) is 9.38 Å². The molecule has 2 aromatic heterocycles. The molecule has 0 saturated heterocycles. The first-order valence-corrected chi connectivity index (χ1v) is 4.58. The van der Waals surface area contributed by atoms with Crippen molar-refractivity contribution in [1.29, 1.82) is 5.26 Å². The Morgan fingerprint density at radius 1 is 1.57 bits per heavy atom. The second kappa shape index (κ2) is 3.24. The van der Waals surface area contributed by atoms with Crippen LogP contribution in [0.2, 0.25) is 0 Å². The van der Waals surface area contributed by atoms with Crippen LogP contribution in [0.15, 0.2) is 33.8 Å². The summed E-state index contributed by atoms with van der Waals surface area (Å²) in [6.07, 6.45) is 2.86. The van der Waals surface area contributed by atoms with Crippen LogP contribution in [0.1, 0.15) is 5.56 Å². The molecule has 0 bridgehead atoms. The van der Waals surface area contributed by atoms with Crippen LogP contribution < -0.4 is 5.56 Å². The van der Waals surface area contributed by atoms with Gasteiger partial charge < -0.3 is 0 Å². The predicted molar refractivity (Wildman–Crippen MR) is 53.9 cm³/mol. The molecule has 0 aromatic carbocycles. The quantitative estimate of drug-likeness (QED) is 0.708. The summed E-state index contributed by atoms with van der Waals surface area (Å²) in [6, 6.07) is 5.22. The molecule has 0 saturated carbocycles. The molecule has 14 heavy (non-hydrogen) atoms. The Morgan fingerprint density at radius 3 is 3.07 bits per heavy atom. The molecule has 0 atom stereocenters. The summed E-state index contributed by atoms with van der Waals surface area (Å²) < 4.78 is 2.18. The average Bonchev–Trinajstić information content (AvgIpc) is 2.18. The van der Waals surface area contributed by atoms with Gasteiger partial charge in [0, 0.05) is 10.7 Å². The maximum absolute atomic E-state index is 11.6. The molecule has 4 nitrogen and oxygen atoms in total. The van der Waals surface area contributed by atoms with Crippen molar-refractivity contribution in [3.63, 3.8) is 0 Å². The zero-order valence-electron chi connectivity index (χ0n) is 6.94. The van der Waals surface area contributed by atoms with Gasteiger partial charge >= 0.3 is 0 Å². The van der Waals surface area contributed by atoms with Gasteiger partial charge in [-0.2, -0.15) is 5.26 Å². The van der Waals surface area contributed by atoms with Gasteiger partial charge in [0.2, 0.25) is 0 Å². The fourth-order valence-corrected chi connectivity index (χ4v) is 1.45. The van der Waals surface area contributed by atoms with E-state index in [9.17, 15) is 4.79 Å². The number of halogens is 1. The molecular formula is C9H4BrN3O. The highest BCUT2D eigenvalue weighted by atomic mass is 79.9. The Labute approximate surface area is 87.6 Å². The van der Waals surface area contributed by atoms with Crippen molar-refractivity contribution in [2.24, 2.45) is 0 Å². The molecule has 0 unspecified atom stereocenters. The normalized spacial score (nSPS) is 10.0. The topological polar surface area (TPSA) is 58.2 Å². The zero-order valence-corrected chi connectivity index (χ0v) is 8.52. The number of hydrogen-bond donors (Lipinski definition) is 0. The van der Waals surface area contributed by atoms with E-state index in [0.717, 1.165) is 4.47 Å².